The highest BCUT2D eigenvalue weighted by molar-refractivity contribution is 7.89. The van der Waals surface area contributed by atoms with Gasteiger partial charge in [0.25, 0.3) is 15.9 Å². The standard InChI is InChI=1S/C9H8N4O4S/c10-18(15,16)7-3-2-6(17-7)8(14)13-9-11-4-1-5-12-9/h1-5H,(H2,10,15,16)(H,11,12,13,14). The lowest BCUT2D eigenvalue weighted by atomic mass is 10.4. The van der Waals surface area contributed by atoms with Crippen LogP contribution in [0.2, 0.25) is 0 Å². The van der Waals surface area contributed by atoms with Gasteiger partial charge in [-0.3, -0.25) is 10.1 Å². The molecule has 3 N–H and O–H groups in total. The first-order valence-electron chi connectivity index (χ1n) is 4.68. The summed E-state index contributed by atoms with van der Waals surface area (Å²) in [6.07, 6.45) is 2.89. The summed E-state index contributed by atoms with van der Waals surface area (Å²) < 4.78 is 26.7. The third-order valence-corrected chi connectivity index (χ3v) is 2.66. The van der Waals surface area contributed by atoms with Crippen molar-refractivity contribution in [1.29, 1.82) is 0 Å². The summed E-state index contributed by atoms with van der Waals surface area (Å²) in [6, 6.07) is 3.87. The third-order valence-electron chi connectivity index (χ3n) is 1.88. The van der Waals surface area contributed by atoms with Crippen LogP contribution >= 0.6 is 0 Å². The van der Waals surface area contributed by atoms with Gasteiger partial charge in [-0.25, -0.2) is 23.5 Å². The maximum absolute atomic E-state index is 11.6. The van der Waals surface area contributed by atoms with Gasteiger partial charge in [-0.2, -0.15) is 0 Å². The summed E-state index contributed by atoms with van der Waals surface area (Å²) in [5.74, 6) is -0.793. The van der Waals surface area contributed by atoms with Crippen LogP contribution in [-0.4, -0.2) is 24.3 Å². The van der Waals surface area contributed by atoms with Crippen LogP contribution < -0.4 is 10.5 Å². The Hall–Kier alpha value is -2.26. The van der Waals surface area contributed by atoms with E-state index in [4.69, 9.17) is 9.56 Å². The lowest BCUT2D eigenvalue weighted by Crippen LogP contribution is -2.14. The normalized spacial score (nSPS) is 11.2. The number of nitrogens with one attached hydrogen (secondary N) is 1. The minimum atomic E-state index is -3.97. The average molecular weight is 268 g/mol. The molecule has 0 atom stereocenters. The van der Waals surface area contributed by atoms with Crippen molar-refractivity contribution in [1.82, 2.24) is 9.97 Å². The van der Waals surface area contributed by atoms with E-state index in [2.05, 4.69) is 15.3 Å². The van der Waals surface area contributed by atoms with Crippen molar-refractivity contribution in [3.05, 3.63) is 36.4 Å². The summed E-state index contributed by atoms with van der Waals surface area (Å²) >= 11 is 0. The van der Waals surface area contributed by atoms with Gasteiger partial charge in [-0.1, -0.05) is 0 Å². The van der Waals surface area contributed by atoms with E-state index in [0.717, 1.165) is 6.07 Å². The Morgan fingerprint density at radius 3 is 2.50 bits per heavy atom. The zero-order valence-corrected chi connectivity index (χ0v) is 9.72. The van der Waals surface area contributed by atoms with Gasteiger partial charge in [0, 0.05) is 12.4 Å². The van der Waals surface area contributed by atoms with Gasteiger partial charge in [0.15, 0.2) is 5.76 Å². The molecule has 0 saturated heterocycles. The SMILES string of the molecule is NS(=O)(=O)c1ccc(C(=O)Nc2ncccn2)o1. The predicted octanol–water partition coefficient (Wildman–Crippen LogP) is -0.0307. The minimum absolute atomic E-state index is 0.0797. The first kappa shape index (κ1) is 12.2. The van der Waals surface area contributed by atoms with Crippen molar-refractivity contribution in [2.24, 2.45) is 5.14 Å². The third kappa shape index (κ3) is 2.70. The van der Waals surface area contributed by atoms with E-state index >= 15 is 0 Å². The van der Waals surface area contributed by atoms with E-state index in [0.29, 0.717) is 0 Å². The molecular weight excluding hydrogens is 260 g/mol. The number of hydrogen-bond acceptors (Lipinski definition) is 6. The molecule has 9 heteroatoms. The number of hydrogen-bond donors (Lipinski definition) is 2. The lowest BCUT2D eigenvalue weighted by Gasteiger charge is -1.99. The monoisotopic (exact) mass is 268 g/mol. The van der Waals surface area contributed by atoms with Crippen LogP contribution in [0.4, 0.5) is 5.95 Å². The summed E-state index contributed by atoms with van der Waals surface area (Å²) in [5.41, 5.74) is 0. The summed E-state index contributed by atoms with van der Waals surface area (Å²) in [5, 5.41) is 6.69. The highest BCUT2D eigenvalue weighted by Crippen LogP contribution is 2.13. The molecule has 0 aliphatic carbocycles. The molecule has 18 heavy (non-hydrogen) atoms. The number of anilines is 1. The van der Waals surface area contributed by atoms with Gasteiger partial charge in [0.1, 0.15) is 0 Å². The summed E-state index contributed by atoms with van der Waals surface area (Å²) in [6.45, 7) is 0. The number of furan rings is 1. The molecule has 2 heterocycles. The molecule has 1 amide bonds. The highest BCUT2D eigenvalue weighted by Gasteiger charge is 2.17. The van der Waals surface area contributed by atoms with E-state index in [-0.39, 0.29) is 11.7 Å². The molecule has 0 radical (unpaired) electrons. The molecule has 0 bridgehead atoms. The van der Waals surface area contributed by atoms with Crippen LogP contribution in [0.3, 0.4) is 0 Å². The Labute approximate surface area is 102 Å². The van der Waals surface area contributed by atoms with Crippen molar-refractivity contribution in [3.63, 3.8) is 0 Å². The van der Waals surface area contributed by atoms with E-state index in [1.165, 1.54) is 18.5 Å². The van der Waals surface area contributed by atoms with Crippen molar-refractivity contribution < 1.29 is 17.6 Å². The lowest BCUT2D eigenvalue weighted by molar-refractivity contribution is 0.0990. The Kier molecular flexibility index (Phi) is 3.08. The molecule has 0 fully saturated rings. The molecule has 8 nitrogen and oxygen atoms in total. The Balaban J connectivity index is 2.18. The number of amides is 1. The van der Waals surface area contributed by atoms with Gasteiger partial charge < -0.3 is 4.42 Å². The first-order valence-corrected chi connectivity index (χ1v) is 6.22. The maximum atomic E-state index is 11.6. The van der Waals surface area contributed by atoms with E-state index in [1.807, 2.05) is 0 Å². The zero-order chi connectivity index (χ0) is 13.2. The fourth-order valence-electron chi connectivity index (χ4n) is 1.12. The van der Waals surface area contributed by atoms with Crippen LogP contribution in [0.15, 0.2) is 40.1 Å². The second-order valence-corrected chi connectivity index (χ2v) is 4.68. The zero-order valence-electron chi connectivity index (χ0n) is 8.90. The van der Waals surface area contributed by atoms with E-state index in [9.17, 15) is 13.2 Å². The number of carbonyl (C=O) groups is 1. The Morgan fingerprint density at radius 2 is 1.94 bits per heavy atom. The summed E-state index contributed by atoms with van der Waals surface area (Å²) in [4.78, 5) is 19.2. The minimum Gasteiger partial charge on any atom is -0.438 e. The molecule has 2 aromatic rings. The van der Waals surface area contributed by atoms with Gasteiger partial charge in [-0.15, -0.1) is 0 Å². The molecule has 0 aliphatic rings. The van der Waals surface area contributed by atoms with Gasteiger partial charge in [0.2, 0.25) is 11.0 Å². The Morgan fingerprint density at radius 1 is 1.28 bits per heavy atom. The quantitative estimate of drug-likeness (QED) is 0.804. The molecule has 2 aromatic heterocycles. The van der Waals surface area contributed by atoms with Crippen LogP contribution in [0, 0.1) is 0 Å². The topological polar surface area (TPSA) is 128 Å². The first-order chi connectivity index (χ1) is 8.47. The van der Waals surface area contributed by atoms with Crippen LogP contribution in [0.25, 0.3) is 0 Å². The molecule has 0 aromatic carbocycles. The number of nitrogens with zero attached hydrogens (tertiary/aromatic N) is 2. The number of rotatable bonds is 3. The molecule has 0 aliphatic heterocycles. The van der Waals surface area contributed by atoms with Crippen molar-refractivity contribution >= 4 is 21.9 Å². The molecule has 0 saturated carbocycles. The maximum Gasteiger partial charge on any atom is 0.293 e. The molecule has 94 valence electrons. The van der Waals surface area contributed by atoms with Crippen LogP contribution in [0.5, 0.6) is 0 Å². The van der Waals surface area contributed by atoms with Gasteiger partial charge >= 0.3 is 0 Å². The number of sulfonamides is 1. The number of aromatic nitrogens is 2. The second-order valence-electron chi connectivity index (χ2n) is 3.19. The van der Waals surface area contributed by atoms with E-state index < -0.39 is 21.0 Å². The Bertz CT molecular complexity index is 665. The molecular formula is C9H8N4O4S. The molecule has 0 unspecified atom stereocenters. The van der Waals surface area contributed by atoms with Crippen LogP contribution in [0.1, 0.15) is 10.6 Å². The van der Waals surface area contributed by atoms with Crippen molar-refractivity contribution in [2.45, 2.75) is 5.09 Å². The second kappa shape index (κ2) is 4.55. The summed E-state index contributed by atoms with van der Waals surface area (Å²) in [7, 11) is -3.97. The predicted molar refractivity (Wildman–Crippen MR) is 60.1 cm³/mol. The number of primary sulfonamides is 1. The fourth-order valence-corrected chi connectivity index (χ4v) is 1.59. The highest BCUT2D eigenvalue weighted by atomic mass is 32.2. The van der Waals surface area contributed by atoms with Crippen molar-refractivity contribution in [3.8, 4) is 0 Å². The van der Waals surface area contributed by atoms with E-state index in [1.54, 1.807) is 6.07 Å². The number of carbonyl (C=O) groups excluding carboxylic acids is 1. The smallest absolute Gasteiger partial charge is 0.293 e. The average Bonchev–Trinajstić information content (AvgIpc) is 2.79. The van der Waals surface area contributed by atoms with Crippen LogP contribution in [-0.2, 0) is 10.0 Å². The largest absolute Gasteiger partial charge is 0.438 e. The number of nitrogens with two attached hydrogens (primary N) is 1. The van der Waals surface area contributed by atoms with Crippen molar-refractivity contribution in [2.75, 3.05) is 5.32 Å². The molecule has 2 rings (SSSR count). The molecule has 0 spiro atoms. The van der Waals surface area contributed by atoms with Gasteiger partial charge in [-0.05, 0) is 18.2 Å². The fraction of sp³-hybridized carbons (Fsp3) is 0. The van der Waals surface area contributed by atoms with Gasteiger partial charge in [0.05, 0.1) is 0 Å².